The smallest absolute Gasteiger partial charge is 0.0159 e. The van der Waals surface area contributed by atoms with Crippen LogP contribution in [0.4, 0.5) is 0 Å². The Morgan fingerprint density at radius 1 is 0.213 bits per heavy atom. The lowest BCUT2D eigenvalue weighted by molar-refractivity contribution is 0.579. The molecule has 390 valence electrons. The summed E-state index contributed by atoms with van der Waals surface area (Å²) in [6.07, 6.45) is 0. The Morgan fingerprint density at radius 3 is 0.613 bits per heavy atom. The molecule has 3 aliphatic rings. The molecule has 7 aromatic rings. The van der Waals surface area contributed by atoms with Gasteiger partial charge in [0.1, 0.15) is 0 Å². The van der Waals surface area contributed by atoms with Gasteiger partial charge >= 0.3 is 0 Å². The van der Waals surface area contributed by atoms with Crippen LogP contribution in [0.25, 0.3) is 66.8 Å². The molecule has 0 spiro atoms. The van der Waals surface area contributed by atoms with E-state index >= 15 is 0 Å². The Bertz CT molecular complexity index is 3140. The molecular formula is C75H90. The van der Waals surface area contributed by atoms with Crippen molar-refractivity contribution in [1.82, 2.24) is 0 Å². The van der Waals surface area contributed by atoms with Gasteiger partial charge in [0.25, 0.3) is 0 Å². The quantitative estimate of drug-likeness (QED) is 0.165. The molecular weight excluding hydrogens is 901 g/mol. The average molecular weight is 992 g/mol. The highest BCUT2D eigenvalue weighted by atomic mass is 14.5. The van der Waals surface area contributed by atoms with Crippen molar-refractivity contribution in [2.24, 2.45) is 0 Å². The topological polar surface area (TPSA) is 0 Å². The van der Waals surface area contributed by atoms with Gasteiger partial charge in [-0.3, -0.25) is 0 Å². The fourth-order valence-corrected chi connectivity index (χ4v) is 13.0. The van der Waals surface area contributed by atoms with E-state index in [-0.39, 0.29) is 48.7 Å². The molecule has 0 amide bonds. The van der Waals surface area contributed by atoms with Crippen molar-refractivity contribution in [2.75, 3.05) is 0 Å². The van der Waals surface area contributed by atoms with Gasteiger partial charge in [0.05, 0.1) is 0 Å². The van der Waals surface area contributed by atoms with Crippen molar-refractivity contribution >= 4 is 0 Å². The van der Waals surface area contributed by atoms with Crippen LogP contribution in [0.2, 0.25) is 0 Å². The minimum Gasteiger partial charge on any atom is -0.0579 e. The summed E-state index contributed by atoms with van der Waals surface area (Å²) in [5.41, 5.74) is 32.3. The zero-order chi connectivity index (χ0) is 55.1. The van der Waals surface area contributed by atoms with Gasteiger partial charge in [-0.05, 0) is 202 Å². The monoisotopic (exact) mass is 991 g/mol. The zero-order valence-electron chi connectivity index (χ0n) is 50.9. The molecule has 0 heteroatoms. The van der Waals surface area contributed by atoms with E-state index in [2.05, 4.69) is 275 Å². The van der Waals surface area contributed by atoms with Gasteiger partial charge in [0, 0.05) is 16.2 Å². The van der Waals surface area contributed by atoms with Crippen LogP contribution in [-0.4, -0.2) is 0 Å². The first-order valence-corrected chi connectivity index (χ1v) is 28.4. The minimum atomic E-state index is -0.186. The first-order valence-electron chi connectivity index (χ1n) is 28.4. The van der Waals surface area contributed by atoms with Gasteiger partial charge < -0.3 is 0 Å². The lowest BCUT2D eigenvalue weighted by Gasteiger charge is -2.28. The molecule has 0 saturated carbocycles. The maximum Gasteiger partial charge on any atom is 0.0159 e. The predicted octanol–water partition coefficient (Wildman–Crippen LogP) is 21.4. The molecule has 0 radical (unpaired) electrons. The average Bonchev–Trinajstić information content (AvgIpc) is 3.77. The van der Waals surface area contributed by atoms with Crippen LogP contribution in [0.5, 0.6) is 0 Å². The lowest BCUT2D eigenvalue weighted by atomic mass is 9.75. The Kier molecular flexibility index (Phi) is 11.5. The minimum absolute atomic E-state index is 0.0369. The third-order valence-electron chi connectivity index (χ3n) is 18.4. The predicted molar refractivity (Wildman–Crippen MR) is 328 cm³/mol. The van der Waals surface area contributed by atoms with E-state index in [1.54, 1.807) is 0 Å². The summed E-state index contributed by atoms with van der Waals surface area (Å²) >= 11 is 0. The van der Waals surface area contributed by atoms with Gasteiger partial charge in [-0.1, -0.05) is 239 Å². The summed E-state index contributed by atoms with van der Waals surface area (Å²) in [4.78, 5) is 0. The molecule has 0 unspecified atom stereocenters. The molecule has 0 aromatic heterocycles. The number of fused-ring (bicyclic) bond motifs is 9. The van der Waals surface area contributed by atoms with E-state index in [4.69, 9.17) is 0 Å². The third kappa shape index (κ3) is 8.45. The first-order chi connectivity index (χ1) is 34.2. The van der Waals surface area contributed by atoms with E-state index in [0.29, 0.717) is 0 Å². The Hall–Kier alpha value is -5.46. The van der Waals surface area contributed by atoms with Gasteiger partial charge in [-0.25, -0.2) is 0 Å². The second-order valence-corrected chi connectivity index (χ2v) is 31.3. The highest BCUT2D eigenvalue weighted by molar-refractivity contribution is 6.01. The number of benzene rings is 7. The van der Waals surface area contributed by atoms with Crippen molar-refractivity contribution in [1.29, 1.82) is 0 Å². The fourth-order valence-electron chi connectivity index (χ4n) is 13.0. The van der Waals surface area contributed by atoms with Crippen molar-refractivity contribution in [2.45, 2.75) is 215 Å². The molecule has 75 heavy (non-hydrogen) atoms. The van der Waals surface area contributed by atoms with E-state index < -0.39 is 0 Å². The van der Waals surface area contributed by atoms with Crippen molar-refractivity contribution in [3.05, 3.63) is 176 Å². The molecule has 0 nitrogen and oxygen atoms in total. The van der Waals surface area contributed by atoms with Crippen LogP contribution in [0, 0.1) is 0 Å². The summed E-state index contributed by atoms with van der Waals surface area (Å²) < 4.78 is 0. The van der Waals surface area contributed by atoms with Gasteiger partial charge in [-0.15, -0.1) is 0 Å². The Balaban J connectivity index is 1.38. The largest absolute Gasteiger partial charge is 0.0579 e. The van der Waals surface area contributed by atoms with Crippen LogP contribution in [0.3, 0.4) is 0 Å². The van der Waals surface area contributed by atoms with Crippen LogP contribution in [-0.2, 0) is 48.7 Å². The van der Waals surface area contributed by atoms with Crippen LogP contribution < -0.4 is 0 Å². The van der Waals surface area contributed by atoms with E-state index in [0.717, 1.165) is 0 Å². The first kappa shape index (κ1) is 53.0. The normalized spacial score (nSPS) is 16.3. The highest BCUT2D eigenvalue weighted by Gasteiger charge is 2.43. The summed E-state index contributed by atoms with van der Waals surface area (Å²) in [6, 6.07) is 45.4. The Labute approximate surface area is 455 Å². The van der Waals surface area contributed by atoms with E-state index in [1.807, 2.05) is 0 Å². The molecule has 3 aliphatic carbocycles. The molecule has 0 atom stereocenters. The van der Waals surface area contributed by atoms with Crippen LogP contribution in [0.1, 0.15) is 233 Å². The van der Waals surface area contributed by atoms with Crippen LogP contribution in [0.15, 0.2) is 109 Å². The molecule has 7 aromatic carbocycles. The SMILES string of the molecule is CC(C)(C)c1ccc2c(c1)C(C)(C)c1cc(C(C)(C)C)cc(-c3cc(-c4cc(C(C)(C)C)cc5c4-c4ccc(C(C)(C)C)cc4C5(C)C)cc(-c4cc(C(C)(C)C)cc5c4-c4ccc(C(C)(C)C)cc4C5(C)C)c3)c1-2. The summed E-state index contributed by atoms with van der Waals surface area (Å²) in [6.45, 7) is 57.5. The van der Waals surface area contributed by atoms with Gasteiger partial charge in [-0.2, -0.15) is 0 Å². The molecule has 0 heterocycles. The summed E-state index contributed by atoms with van der Waals surface area (Å²) in [7, 11) is 0. The number of hydrogen-bond acceptors (Lipinski definition) is 0. The van der Waals surface area contributed by atoms with Gasteiger partial charge in [0.2, 0.25) is 0 Å². The van der Waals surface area contributed by atoms with E-state index in [1.165, 1.54) is 134 Å². The number of rotatable bonds is 3. The second-order valence-electron chi connectivity index (χ2n) is 31.3. The number of hydrogen-bond donors (Lipinski definition) is 0. The molecule has 0 aliphatic heterocycles. The lowest BCUT2D eigenvalue weighted by Crippen LogP contribution is -2.19. The maximum atomic E-state index is 2.60. The standard InChI is InChI=1S/C75H90/c1-67(2,3)46-25-28-52-58(37-46)73(19,20)61-40-49(70(10,11)12)34-55(64(52)61)43-31-44(56-35-50(71(13,14)15)41-62-65(56)53-29-26-47(68(4,5)6)38-59(53)74(62,21)22)33-45(32-43)57-36-51(72(16,17)18)42-63-66(57)54-30-27-48(69(7,8)9)39-60(54)75(63,23)24/h25-42H,1-24H3. The highest BCUT2D eigenvalue weighted by Crippen LogP contribution is 2.59. The van der Waals surface area contributed by atoms with Crippen molar-refractivity contribution < 1.29 is 0 Å². The fraction of sp³-hybridized carbons (Fsp3) is 0.440. The van der Waals surface area contributed by atoms with Crippen molar-refractivity contribution in [3.63, 3.8) is 0 Å². The molecule has 0 fully saturated rings. The third-order valence-corrected chi connectivity index (χ3v) is 18.4. The molecule has 0 N–H and O–H groups in total. The van der Waals surface area contributed by atoms with Crippen LogP contribution >= 0.6 is 0 Å². The maximum absolute atomic E-state index is 2.60. The molecule has 0 saturated heterocycles. The zero-order valence-corrected chi connectivity index (χ0v) is 50.9. The molecule has 0 bridgehead atoms. The summed E-state index contributed by atoms with van der Waals surface area (Å²) in [5, 5.41) is 0. The molecule has 10 rings (SSSR count). The Morgan fingerprint density at radius 2 is 0.413 bits per heavy atom. The second kappa shape index (κ2) is 16.3. The van der Waals surface area contributed by atoms with Gasteiger partial charge in [0.15, 0.2) is 0 Å². The summed E-state index contributed by atoms with van der Waals surface area (Å²) in [5.74, 6) is 0. The van der Waals surface area contributed by atoms with E-state index in [9.17, 15) is 0 Å². The van der Waals surface area contributed by atoms with Crippen molar-refractivity contribution in [3.8, 4) is 66.8 Å².